The minimum atomic E-state index is -4.57. The quantitative estimate of drug-likeness (QED) is 0.253. The first kappa shape index (κ1) is 23.8. The van der Waals surface area contributed by atoms with Crippen LogP contribution >= 0.6 is 27.5 Å². The summed E-state index contributed by atoms with van der Waals surface area (Å²) in [4.78, 5) is 16.7. The normalized spacial score (nSPS) is 11.4. The van der Waals surface area contributed by atoms with Gasteiger partial charge in [-0.25, -0.2) is 9.78 Å². The monoisotopic (exact) mass is 552 g/mol. The highest BCUT2D eigenvalue weighted by Crippen LogP contribution is 2.34. The van der Waals surface area contributed by atoms with Crippen LogP contribution in [0.25, 0.3) is 16.9 Å². The van der Waals surface area contributed by atoms with Gasteiger partial charge in [0, 0.05) is 29.7 Å². The summed E-state index contributed by atoms with van der Waals surface area (Å²) >= 11 is 9.75. The summed E-state index contributed by atoms with van der Waals surface area (Å²) in [5, 5.41) is 12.8. The summed E-state index contributed by atoms with van der Waals surface area (Å²) in [6.07, 6.45) is -2.97. The first-order chi connectivity index (χ1) is 16.2. The van der Waals surface area contributed by atoms with Crippen LogP contribution in [0.4, 0.5) is 29.5 Å². The Morgan fingerprint density at radius 2 is 1.82 bits per heavy atom. The average Bonchev–Trinajstić information content (AvgIpc) is 3.17. The van der Waals surface area contributed by atoms with Gasteiger partial charge in [-0.15, -0.1) is 0 Å². The molecule has 2 heterocycles. The lowest BCUT2D eigenvalue weighted by Crippen LogP contribution is -2.33. The molecule has 0 saturated carbocycles. The molecule has 0 aliphatic carbocycles. The van der Waals surface area contributed by atoms with Gasteiger partial charge in [-0.1, -0.05) is 41.9 Å². The molecular formula is C22H17BrClF3N6O. The number of anilines is 2. The Labute approximate surface area is 205 Å². The van der Waals surface area contributed by atoms with E-state index in [1.54, 1.807) is 22.8 Å². The van der Waals surface area contributed by atoms with E-state index >= 15 is 0 Å². The lowest BCUT2D eigenvalue weighted by atomic mass is 10.1. The first-order valence-corrected chi connectivity index (χ1v) is 11.2. The number of alkyl halides is 3. The summed E-state index contributed by atoms with van der Waals surface area (Å²) in [6, 6.07) is 13.1. The molecule has 0 radical (unpaired) electrons. The molecule has 0 aliphatic rings. The van der Waals surface area contributed by atoms with Crippen molar-refractivity contribution in [2.24, 2.45) is 0 Å². The van der Waals surface area contributed by atoms with Crippen molar-refractivity contribution in [3.63, 3.8) is 0 Å². The fourth-order valence-corrected chi connectivity index (χ4v) is 3.82. The third-order valence-electron chi connectivity index (χ3n) is 4.78. The Bertz CT molecular complexity index is 1340. The minimum Gasteiger partial charge on any atom is -0.368 e. The van der Waals surface area contributed by atoms with Gasteiger partial charge in [0.05, 0.1) is 27.6 Å². The SMILES string of the molecule is O=C(NCCNc1cc(-c2ccccc2Cl)nc2c(Br)cnn12)Nc1ccccc1C(F)(F)F. The van der Waals surface area contributed by atoms with E-state index in [9.17, 15) is 18.0 Å². The highest BCUT2D eigenvalue weighted by molar-refractivity contribution is 9.10. The van der Waals surface area contributed by atoms with Crippen LogP contribution in [0.3, 0.4) is 0 Å². The molecule has 0 aliphatic heterocycles. The molecule has 2 amide bonds. The van der Waals surface area contributed by atoms with Gasteiger partial charge in [0.15, 0.2) is 5.65 Å². The molecule has 12 heteroatoms. The summed E-state index contributed by atoms with van der Waals surface area (Å²) in [6.45, 7) is 0.403. The van der Waals surface area contributed by atoms with Gasteiger partial charge in [-0.2, -0.15) is 22.8 Å². The van der Waals surface area contributed by atoms with Gasteiger partial charge >= 0.3 is 12.2 Å². The predicted octanol–water partition coefficient (Wildman–Crippen LogP) is 6.06. The van der Waals surface area contributed by atoms with Crippen molar-refractivity contribution in [1.82, 2.24) is 19.9 Å². The van der Waals surface area contributed by atoms with E-state index < -0.39 is 17.8 Å². The van der Waals surface area contributed by atoms with E-state index in [2.05, 4.69) is 42.0 Å². The zero-order chi connectivity index (χ0) is 24.3. The number of hydrogen-bond donors (Lipinski definition) is 3. The van der Waals surface area contributed by atoms with Gasteiger partial charge in [0.25, 0.3) is 0 Å². The Morgan fingerprint density at radius 1 is 1.09 bits per heavy atom. The van der Waals surface area contributed by atoms with Crippen molar-refractivity contribution >= 4 is 50.7 Å². The smallest absolute Gasteiger partial charge is 0.368 e. The highest BCUT2D eigenvalue weighted by atomic mass is 79.9. The van der Waals surface area contributed by atoms with E-state index in [0.717, 1.165) is 11.6 Å². The van der Waals surface area contributed by atoms with Crippen molar-refractivity contribution in [2.45, 2.75) is 6.18 Å². The molecule has 0 unspecified atom stereocenters. The molecule has 2 aromatic carbocycles. The summed E-state index contributed by atoms with van der Waals surface area (Å²) in [7, 11) is 0. The number of urea groups is 1. The van der Waals surface area contributed by atoms with Gasteiger partial charge in [0.1, 0.15) is 5.82 Å². The zero-order valence-electron chi connectivity index (χ0n) is 17.3. The number of nitrogens with one attached hydrogen (secondary N) is 3. The van der Waals surface area contributed by atoms with Crippen molar-refractivity contribution in [3.8, 4) is 11.3 Å². The van der Waals surface area contributed by atoms with Crippen LogP contribution in [-0.2, 0) is 6.18 Å². The number of carbonyl (C=O) groups excluding carboxylic acids is 1. The maximum atomic E-state index is 13.1. The number of hydrogen-bond acceptors (Lipinski definition) is 4. The number of nitrogens with zero attached hydrogens (tertiary/aromatic N) is 3. The van der Waals surface area contributed by atoms with Gasteiger partial charge < -0.3 is 16.0 Å². The minimum absolute atomic E-state index is 0.133. The van der Waals surface area contributed by atoms with E-state index in [1.807, 2.05) is 18.2 Å². The Hall–Kier alpha value is -3.31. The molecule has 2 aromatic heterocycles. The van der Waals surface area contributed by atoms with E-state index in [4.69, 9.17) is 11.6 Å². The van der Waals surface area contributed by atoms with Crippen LogP contribution in [0.5, 0.6) is 0 Å². The average molecular weight is 554 g/mol. The molecule has 0 saturated heterocycles. The predicted molar refractivity (Wildman–Crippen MR) is 128 cm³/mol. The number of carbonyl (C=O) groups is 1. The first-order valence-electron chi connectivity index (χ1n) is 9.98. The molecule has 7 nitrogen and oxygen atoms in total. The molecule has 0 bridgehead atoms. The lowest BCUT2D eigenvalue weighted by Gasteiger charge is -2.14. The van der Waals surface area contributed by atoms with Crippen LogP contribution in [0, 0.1) is 0 Å². The van der Waals surface area contributed by atoms with E-state index in [1.165, 1.54) is 18.2 Å². The number of amides is 2. The third-order valence-corrected chi connectivity index (χ3v) is 5.66. The second-order valence-electron chi connectivity index (χ2n) is 7.09. The van der Waals surface area contributed by atoms with Crippen molar-refractivity contribution in [2.75, 3.05) is 23.7 Å². The van der Waals surface area contributed by atoms with E-state index in [-0.39, 0.29) is 18.8 Å². The molecule has 0 fully saturated rings. The molecule has 0 atom stereocenters. The highest BCUT2D eigenvalue weighted by Gasteiger charge is 2.33. The van der Waals surface area contributed by atoms with E-state index in [0.29, 0.717) is 26.7 Å². The Balaban J connectivity index is 1.44. The molecule has 34 heavy (non-hydrogen) atoms. The molecule has 0 spiro atoms. The van der Waals surface area contributed by atoms with Crippen LogP contribution in [0.15, 0.2) is 65.3 Å². The molecule has 3 N–H and O–H groups in total. The number of aromatic nitrogens is 3. The number of halogens is 5. The van der Waals surface area contributed by atoms with Gasteiger partial charge in [-0.3, -0.25) is 0 Å². The van der Waals surface area contributed by atoms with Crippen LogP contribution in [0.2, 0.25) is 5.02 Å². The fraction of sp³-hybridized carbons (Fsp3) is 0.136. The molecule has 4 rings (SSSR count). The number of benzene rings is 2. The molecular weight excluding hydrogens is 537 g/mol. The third kappa shape index (κ3) is 5.26. The zero-order valence-corrected chi connectivity index (χ0v) is 19.7. The number of fused-ring (bicyclic) bond motifs is 1. The topological polar surface area (TPSA) is 83.3 Å². The maximum Gasteiger partial charge on any atom is 0.418 e. The van der Waals surface area contributed by atoms with Gasteiger partial charge in [0.2, 0.25) is 0 Å². The summed E-state index contributed by atoms with van der Waals surface area (Å²) in [5.74, 6) is 0.593. The second kappa shape index (κ2) is 9.90. The van der Waals surface area contributed by atoms with Crippen molar-refractivity contribution < 1.29 is 18.0 Å². The van der Waals surface area contributed by atoms with Crippen molar-refractivity contribution in [3.05, 3.63) is 75.9 Å². The lowest BCUT2D eigenvalue weighted by molar-refractivity contribution is -0.136. The number of rotatable bonds is 6. The fourth-order valence-electron chi connectivity index (χ4n) is 3.24. The molecule has 4 aromatic rings. The van der Waals surface area contributed by atoms with Crippen LogP contribution in [-0.4, -0.2) is 33.7 Å². The van der Waals surface area contributed by atoms with Crippen LogP contribution in [0.1, 0.15) is 5.56 Å². The number of para-hydroxylation sites is 1. The Kier molecular flexibility index (Phi) is 6.94. The summed E-state index contributed by atoms with van der Waals surface area (Å²) in [5.41, 5.74) is 0.690. The molecule has 176 valence electrons. The van der Waals surface area contributed by atoms with Gasteiger partial charge in [-0.05, 0) is 34.1 Å². The standard InChI is InChI=1S/C22H17BrClF3N6O/c23-15-12-30-33-19(11-18(31-20(15)33)13-5-1-3-7-16(13)24)28-9-10-29-21(34)32-17-8-4-2-6-14(17)22(25,26)27/h1-8,11-12,28H,9-10H2,(H2,29,32,34). The van der Waals surface area contributed by atoms with Crippen LogP contribution < -0.4 is 16.0 Å². The maximum absolute atomic E-state index is 13.1. The van der Waals surface area contributed by atoms with Crippen molar-refractivity contribution in [1.29, 1.82) is 0 Å². The summed E-state index contributed by atoms with van der Waals surface area (Å²) < 4.78 is 41.6. The second-order valence-corrected chi connectivity index (χ2v) is 8.35. The largest absolute Gasteiger partial charge is 0.418 e. The Morgan fingerprint density at radius 3 is 2.59 bits per heavy atom.